The fourth-order valence-corrected chi connectivity index (χ4v) is 2.10. The lowest BCUT2D eigenvalue weighted by Crippen LogP contribution is -2.31. The maximum atomic E-state index is 7.36. The van der Waals surface area contributed by atoms with Gasteiger partial charge in [-0.2, -0.15) is 0 Å². The van der Waals surface area contributed by atoms with Gasteiger partial charge in [0.15, 0.2) is 0 Å². The van der Waals surface area contributed by atoms with Crippen LogP contribution in [0.2, 0.25) is 10.0 Å². The lowest BCUT2D eigenvalue weighted by molar-refractivity contribution is 0.306. The van der Waals surface area contributed by atoms with Gasteiger partial charge in [0.05, 0.1) is 5.84 Å². The Labute approximate surface area is 112 Å². The molecule has 5 heteroatoms. The number of hydrogen-bond donors (Lipinski definition) is 2. The van der Waals surface area contributed by atoms with Gasteiger partial charge in [-0.25, -0.2) is 0 Å². The van der Waals surface area contributed by atoms with E-state index in [9.17, 15) is 0 Å². The molecule has 0 saturated heterocycles. The second kappa shape index (κ2) is 6.24. The predicted molar refractivity (Wildman–Crippen MR) is 73.9 cm³/mol. The zero-order valence-electron chi connectivity index (χ0n) is 10.0. The number of nitrogens with two attached hydrogens (primary N) is 1. The molecule has 1 rings (SSSR count). The number of benzene rings is 1. The Hall–Kier alpha value is -0.770. The first-order valence-electron chi connectivity index (χ1n) is 5.37. The molecule has 1 unspecified atom stereocenters. The maximum Gasteiger partial charge on any atom is 0.0947 e. The van der Waals surface area contributed by atoms with Crippen molar-refractivity contribution in [2.24, 2.45) is 11.7 Å². The van der Waals surface area contributed by atoms with Crippen LogP contribution >= 0.6 is 23.2 Å². The molecule has 1 aromatic carbocycles. The van der Waals surface area contributed by atoms with Crippen LogP contribution in [0.1, 0.15) is 12.5 Å². The van der Waals surface area contributed by atoms with Gasteiger partial charge < -0.3 is 10.6 Å². The van der Waals surface area contributed by atoms with Crippen LogP contribution < -0.4 is 5.73 Å². The summed E-state index contributed by atoms with van der Waals surface area (Å²) in [6.45, 7) is 3.28. The molecule has 0 aliphatic carbocycles. The topological polar surface area (TPSA) is 53.1 Å². The van der Waals surface area contributed by atoms with Crippen molar-refractivity contribution in [3.63, 3.8) is 0 Å². The van der Waals surface area contributed by atoms with Gasteiger partial charge in [-0.15, -0.1) is 0 Å². The molecule has 0 fully saturated rings. The van der Waals surface area contributed by atoms with E-state index in [0.717, 1.165) is 5.56 Å². The van der Waals surface area contributed by atoms with Crippen molar-refractivity contribution in [3.05, 3.63) is 33.8 Å². The molecular weight excluding hydrogens is 257 g/mol. The van der Waals surface area contributed by atoms with Crippen molar-refractivity contribution in [1.29, 1.82) is 5.41 Å². The molecule has 1 atom stereocenters. The summed E-state index contributed by atoms with van der Waals surface area (Å²) in [5, 5.41) is 8.69. The smallest absolute Gasteiger partial charge is 0.0947 e. The molecule has 0 radical (unpaired) electrons. The Kier molecular flexibility index (Phi) is 5.25. The molecule has 0 bridgehead atoms. The third-order valence-corrected chi connectivity index (χ3v) is 3.31. The summed E-state index contributed by atoms with van der Waals surface area (Å²) in [5.41, 5.74) is 6.35. The van der Waals surface area contributed by atoms with Crippen LogP contribution in [0.15, 0.2) is 18.2 Å². The van der Waals surface area contributed by atoms with E-state index < -0.39 is 0 Å². The van der Waals surface area contributed by atoms with Gasteiger partial charge in [0.2, 0.25) is 0 Å². The van der Waals surface area contributed by atoms with E-state index in [1.54, 1.807) is 0 Å². The highest BCUT2D eigenvalue weighted by atomic mass is 35.5. The number of rotatable bonds is 5. The first-order chi connectivity index (χ1) is 7.91. The van der Waals surface area contributed by atoms with Crippen molar-refractivity contribution in [3.8, 4) is 0 Å². The average molecular weight is 274 g/mol. The van der Waals surface area contributed by atoms with Crippen LogP contribution in [0.3, 0.4) is 0 Å². The fraction of sp³-hybridized carbons (Fsp3) is 0.417. The molecule has 0 aromatic heterocycles. The molecule has 0 heterocycles. The minimum atomic E-state index is 0.0289. The predicted octanol–water partition coefficient (Wildman–Crippen LogP) is 3.00. The number of halogens is 2. The van der Waals surface area contributed by atoms with Crippen LogP contribution in [0.5, 0.6) is 0 Å². The summed E-state index contributed by atoms with van der Waals surface area (Å²) in [5.74, 6) is 0.225. The monoisotopic (exact) mass is 273 g/mol. The van der Waals surface area contributed by atoms with Gasteiger partial charge >= 0.3 is 0 Å². The maximum absolute atomic E-state index is 7.36. The highest BCUT2D eigenvalue weighted by molar-refractivity contribution is 6.35. The summed E-state index contributed by atoms with van der Waals surface area (Å²) >= 11 is 12.2. The molecule has 0 amide bonds. The van der Waals surface area contributed by atoms with Gasteiger partial charge in [-0.05, 0) is 19.2 Å². The van der Waals surface area contributed by atoms with Gasteiger partial charge in [0, 0.05) is 34.6 Å². The van der Waals surface area contributed by atoms with E-state index in [2.05, 4.69) is 4.90 Å². The zero-order chi connectivity index (χ0) is 13.0. The van der Waals surface area contributed by atoms with Crippen molar-refractivity contribution < 1.29 is 0 Å². The van der Waals surface area contributed by atoms with E-state index in [0.29, 0.717) is 23.1 Å². The van der Waals surface area contributed by atoms with Gasteiger partial charge in [-0.1, -0.05) is 36.2 Å². The second-order valence-electron chi connectivity index (χ2n) is 4.25. The Bertz CT molecular complexity index is 386. The summed E-state index contributed by atoms with van der Waals surface area (Å²) in [4.78, 5) is 2.05. The van der Waals surface area contributed by atoms with Gasteiger partial charge in [-0.3, -0.25) is 5.41 Å². The Morgan fingerprint density at radius 3 is 2.41 bits per heavy atom. The highest BCUT2D eigenvalue weighted by Gasteiger charge is 2.12. The highest BCUT2D eigenvalue weighted by Crippen LogP contribution is 2.25. The minimum absolute atomic E-state index is 0.0289. The standard InChI is InChI=1S/C12H17Cl2N3/c1-8(12(15)16)6-17(2)7-9-10(13)4-3-5-11(9)14/h3-5,8H,6-7H2,1-2H3,(H3,15,16). The molecule has 3 N–H and O–H groups in total. The Morgan fingerprint density at radius 2 is 1.94 bits per heavy atom. The molecule has 0 aliphatic rings. The zero-order valence-corrected chi connectivity index (χ0v) is 11.5. The van der Waals surface area contributed by atoms with Crippen LogP contribution in [-0.4, -0.2) is 24.3 Å². The largest absolute Gasteiger partial charge is 0.387 e. The molecule has 17 heavy (non-hydrogen) atoms. The lowest BCUT2D eigenvalue weighted by Gasteiger charge is -2.21. The van der Waals surface area contributed by atoms with E-state index in [-0.39, 0.29) is 11.8 Å². The fourth-order valence-electron chi connectivity index (χ4n) is 1.58. The first-order valence-corrected chi connectivity index (χ1v) is 6.12. The quantitative estimate of drug-likeness (QED) is 0.640. The van der Waals surface area contributed by atoms with Crippen LogP contribution in [0, 0.1) is 11.3 Å². The summed E-state index contributed by atoms with van der Waals surface area (Å²) < 4.78 is 0. The summed E-state index contributed by atoms with van der Waals surface area (Å²) in [6.07, 6.45) is 0. The number of nitrogens with one attached hydrogen (secondary N) is 1. The second-order valence-corrected chi connectivity index (χ2v) is 5.07. The Morgan fingerprint density at radius 1 is 1.41 bits per heavy atom. The number of nitrogens with zero attached hydrogens (tertiary/aromatic N) is 1. The third-order valence-electron chi connectivity index (χ3n) is 2.61. The number of hydrogen-bond acceptors (Lipinski definition) is 2. The normalized spacial score (nSPS) is 12.8. The average Bonchev–Trinajstić information content (AvgIpc) is 2.23. The van der Waals surface area contributed by atoms with Crippen molar-refractivity contribution >= 4 is 29.0 Å². The van der Waals surface area contributed by atoms with Crippen molar-refractivity contribution in [2.75, 3.05) is 13.6 Å². The SMILES string of the molecule is CC(CN(C)Cc1c(Cl)cccc1Cl)C(=N)N. The molecule has 0 spiro atoms. The third kappa shape index (κ3) is 4.19. The van der Waals surface area contributed by atoms with Crippen LogP contribution in [0.25, 0.3) is 0 Å². The molecule has 94 valence electrons. The van der Waals surface area contributed by atoms with E-state index in [1.807, 2.05) is 32.2 Å². The molecule has 0 saturated carbocycles. The van der Waals surface area contributed by atoms with E-state index >= 15 is 0 Å². The minimum Gasteiger partial charge on any atom is -0.387 e. The first kappa shape index (κ1) is 14.3. The molecule has 3 nitrogen and oxygen atoms in total. The van der Waals surface area contributed by atoms with E-state index in [1.165, 1.54) is 0 Å². The molecule has 0 aliphatic heterocycles. The van der Waals surface area contributed by atoms with Gasteiger partial charge in [0.25, 0.3) is 0 Å². The lowest BCUT2D eigenvalue weighted by atomic mass is 10.1. The molecular formula is C12H17Cl2N3. The van der Waals surface area contributed by atoms with Crippen LogP contribution in [-0.2, 0) is 6.54 Å². The Balaban J connectivity index is 2.68. The van der Waals surface area contributed by atoms with Crippen molar-refractivity contribution in [1.82, 2.24) is 4.90 Å². The summed E-state index contributed by atoms with van der Waals surface area (Å²) in [6, 6.07) is 5.47. The van der Waals surface area contributed by atoms with Crippen molar-refractivity contribution in [2.45, 2.75) is 13.5 Å². The van der Waals surface area contributed by atoms with Crippen LogP contribution in [0.4, 0.5) is 0 Å². The van der Waals surface area contributed by atoms with Gasteiger partial charge in [0.1, 0.15) is 0 Å². The molecule has 1 aromatic rings. The summed E-state index contributed by atoms with van der Waals surface area (Å²) in [7, 11) is 1.96. The number of amidine groups is 1. The van der Waals surface area contributed by atoms with E-state index in [4.69, 9.17) is 34.3 Å².